The topological polar surface area (TPSA) is 55.4 Å². The Labute approximate surface area is 185 Å². The molecule has 0 radical (unpaired) electrons. The van der Waals surface area contributed by atoms with Crippen LogP contribution in [0.4, 0.5) is 0 Å². The number of rotatable bonds is 20. The monoisotopic (exact) mass is 421 g/mol. The van der Waals surface area contributed by atoms with Crippen molar-refractivity contribution in [1.29, 1.82) is 0 Å². The molecule has 1 atom stereocenters. The number of nitrogens with one attached hydrogen (secondary N) is 1. The minimum absolute atomic E-state index is 0.0434. The molecule has 4 heteroatoms. The second kappa shape index (κ2) is 19.6. The van der Waals surface area contributed by atoms with Crippen LogP contribution in [0.15, 0.2) is 12.2 Å². The van der Waals surface area contributed by atoms with E-state index < -0.39 is 6.04 Å². The molecular formula is C26H47NO3. The first-order valence-corrected chi connectivity index (χ1v) is 12.8. The molecule has 0 spiro atoms. The Balaban J connectivity index is 1.71. The molecular weight excluding hydrogens is 374 g/mol. The predicted molar refractivity (Wildman–Crippen MR) is 125 cm³/mol. The fraction of sp³-hybridized carbons (Fsp3) is 0.846. The standard InChI is InChI=1S/C26H47NO3/c1-2-3-4-5-6-7-8-9-10-11-12-13-14-15-16-17-18-19-20-23-30-26(29)24-21-22-25(28)27-24/h5-6,24H,2-4,7-23H2,1H3,(H,27,28)/b6-5+/t24-/m0/s1. The molecule has 1 aliphatic rings. The molecule has 0 saturated carbocycles. The van der Waals surface area contributed by atoms with Crippen LogP contribution in [0.25, 0.3) is 0 Å². The van der Waals surface area contributed by atoms with Crippen LogP contribution in [0.1, 0.15) is 129 Å². The van der Waals surface area contributed by atoms with E-state index in [0.29, 0.717) is 19.4 Å². The van der Waals surface area contributed by atoms with Crippen LogP contribution in [0.5, 0.6) is 0 Å². The van der Waals surface area contributed by atoms with Crippen molar-refractivity contribution in [2.24, 2.45) is 0 Å². The maximum absolute atomic E-state index is 11.7. The Kier molecular flexibility index (Phi) is 17.5. The Hall–Kier alpha value is -1.32. The van der Waals surface area contributed by atoms with Crippen molar-refractivity contribution >= 4 is 11.9 Å². The first-order chi connectivity index (χ1) is 14.7. The SMILES string of the molecule is CCCC/C=C/CCCCCCCCCCCCCCCOC(=O)[C@@H]1CCC(=O)N1. The smallest absolute Gasteiger partial charge is 0.328 e. The summed E-state index contributed by atoms with van der Waals surface area (Å²) in [5, 5.41) is 2.65. The van der Waals surface area contributed by atoms with Gasteiger partial charge >= 0.3 is 5.97 Å². The van der Waals surface area contributed by atoms with Gasteiger partial charge < -0.3 is 10.1 Å². The highest BCUT2D eigenvalue weighted by Crippen LogP contribution is 2.14. The number of carbonyl (C=O) groups is 2. The molecule has 0 aromatic carbocycles. The van der Waals surface area contributed by atoms with Gasteiger partial charge in [-0.1, -0.05) is 103 Å². The van der Waals surface area contributed by atoms with Crippen LogP contribution in [0, 0.1) is 0 Å². The highest BCUT2D eigenvalue weighted by atomic mass is 16.5. The number of allylic oxidation sites excluding steroid dienone is 2. The van der Waals surface area contributed by atoms with Crippen molar-refractivity contribution < 1.29 is 14.3 Å². The Bertz CT molecular complexity index is 461. The highest BCUT2D eigenvalue weighted by Gasteiger charge is 2.28. The summed E-state index contributed by atoms with van der Waals surface area (Å²) in [4.78, 5) is 22.8. The Morgan fingerprint density at radius 2 is 1.33 bits per heavy atom. The molecule has 1 heterocycles. The third-order valence-electron chi connectivity index (χ3n) is 5.93. The number of esters is 1. The lowest BCUT2D eigenvalue weighted by molar-refractivity contribution is -0.146. The lowest BCUT2D eigenvalue weighted by Crippen LogP contribution is -2.34. The van der Waals surface area contributed by atoms with Crippen molar-refractivity contribution in [3.8, 4) is 0 Å². The third-order valence-corrected chi connectivity index (χ3v) is 5.93. The van der Waals surface area contributed by atoms with E-state index in [0.717, 1.165) is 12.8 Å². The van der Waals surface area contributed by atoms with E-state index in [4.69, 9.17) is 4.74 Å². The van der Waals surface area contributed by atoms with Crippen LogP contribution in [0.2, 0.25) is 0 Å². The molecule has 1 saturated heterocycles. The van der Waals surface area contributed by atoms with Gasteiger partial charge in [0.25, 0.3) is 0 Å². The normalized spacial score (nSPS) is 16.3. The van der Waals surface area contributed by atoms with E-state index >= 15 is 0 Å². The average Bonchev–Trinajstić information content (AvgIpc) is 3.18. The fourth-order valence-corrected chi connectivity index (χ4v) is 3.93. The largest absolute Gasteiger partial charge is 0.464 e. The molecule has 4 nitrogen and oxygen atoms in total. The minimum atomic E-state index is -0.407. The summed E-state index contributed by atoms with van der Waals surface area (Å²) in [7, 11) is 0. The van der Waals surface area contributed by atoms with Gasteiger partial charge in [0.15, 0.2) is 0 Å². The zero-order valence-corrected chi connectivity index (χ0v) is 19.6. The van der Waals surface area contributed by atoms with Crippen LogP contribution >= 0.6 is 0 Å². The summed E-state index contributed by atoms with van der Waals surface area (Å²) in [5.74, 6) is -0.307. The van der Waals surface area contributed by atoms with Gasteiger partial charge in [0.05, 0.1) is 6.61 Å². The van der Waals surface area contributed by atoms with Crippen LogP contribution in [-0.2, 0) is 14.3 Å². The Morgan fingerprint density at radius 1 is 0.833 bits per heavy atom. The second-order valence-electron chi connectivity index (χ2n) is 8.82. The molecule has 30 heavy (non-hydrogen) atoms. The summed E-state index contributed by atoms with van der Waals surface area (Å²) >= 11 is 0. The van der Waals surface area contributed by atoms with Gasteiger partial charge in [-0.2, -0.15) is 0 Å². The zero-order valence-electron chi connectivity index (χ0n) is 19.6. The van der Waals surface area contributed by atoms with Gasteiger partial charge in [0.1, 0.15) is 6.04 Å². The maximum atomic E-state index is 11.7. The summed E-state index contributed by atoms with van der Waals surface area (Å²) in [6.07, 6.45) is 27.9. The quantitative estimate of drug-likeness (QED) is 0.131. The number of hydrogen-bond donors (Lipinski definition) is 1. The van der Waals surface area contributed by atoms with E-state index in [1.54, 1.807) is 0 Å². The van der Waals surface area contributed by atoms with Crippen molar-refractivity contribution in [1.82, 2.24) is 5.32 Å². The molecule has 0 unspecified atom stereocenters. The molecule has 0 bridgehead atoms. The summed E-state index contributed by atoms with van der Waals surface area (Å²) in [5.41, 5.74) is 0. The zero-order chi connectivity index (χ0) is 21.7. The lowest BCUT2D eigenvalue weighted by Gasteiger charge is -2.09. The van der Waals surface area contributed by atoms with E-state index in [1.165, 1.54) is 96.3 Å². The van der Waals surface area contributed by atoms with Crippen molar-refractivity contribution in [3.63, 3.8) is 0 Å². The second-order valence-corrected chi connectivity index (χ2v) is 8.82. The number of ether oxygens (including phenoxy) is 1. The molecule has 174 valence electrons. The predicted octanol–water partition coefficient (Wildman–Crippen LogP) is 7.02. The first-order valence-electron chi connectivity index (χ1n) is 12.8. The molecule has 1 aliphatic heterocycles. The number of hydrogen-bond acceptors (Lipinski definition) is 3. The first kappa shape index (κ1) is 26.7. The van der Waals surface area contributed by atoms with Crippen molar-refractivity contribution in [2.75, 3.05) is 6.61 Å². The number of amides is 1. The Morgan fingerprint density at radius 3 is 1.83 bits per heavy atom. The molecule has 0 aromatic heterocycles. The molecule has 1 N–H and O–H groups in total. The van der Waals surface area contributed by atoms with Crippen molar-refractivity contribution in [2.45, 2.75) is 135 Å². The van der Waals surface area contributed by atoms with E-state index in [2.05, 4.69) is 24.4 Å². The van der Waals surface area contributed by atoms with E-state index in [-0.39, 0.29) is 11.9 Å². The number of carbonyl (C=O) groups excluding carboxylic acids is 2. The van der Waals surface area contributed by atoms with Crippen LogP contribution in [0.3, 0.4) is 0 Å². The van der Waals surface area contributed by atoms with Gasteiger partial charge in [-0.05, 0) is 32.1 Å². The van der Waals surface area contributed by atoms with Crippen LogP contribution < -0.4 is 5.32 Å². The third kappa shape index (κ3) is 15.5. The molecule has 1 amide bonds. The number of unbranched alkanes of at least 4 members (excludes halogenated alkanes) is 15. The summed E-state index contributed by atoms with van der Waals surface area (Å²) in [6.45, 7) is 2.74. The van der Waals surface area contributed by atoms with Gasteiger partial charge in [0.2, 0.25) is 5.91 Å². The minimum Gasteiger partial charge on any atom is -0.464 e. The molecule has 1 fully saturated rings. The average molecular weight is 422 g/mol. The highest BCUT2D eigenvalue weighted by molar-refractivity contribution is 5.87. The van der Waals surface area contributed by atoms with Crippen LogP contribution in [-0.4, -0.2) is 24.5 Å². The lowest BCUT2D eigenvalue weighted by atomic mass is 10.0. The molecule has 0 aromatic rings. The van der Waals surface area contributed by atoms with Gasteiger partial charge in [-0.25, -0.2) is 4.79 Å². The molecule has 1 rings (SSSR count). The van der Waals surface area contributed by atoms with E-state index in [9.17, 15) is 9.59 Å². The maximum Gasteiger partial charge on any atom is 0.328 e. The molecule has 0 aliphatic carbocycles. The van der Waals surface area contributed by atoms with Gasteiger partial charge in [-0.15, -0.1) is 0 Å². The van der Waals surface area contributed by atoms with Gasteiger partial charge in [-0.3, -0.25) is 4.79 Å². The van der Waals surface area contributed by atoms with Gasteiger partial charge in [0, 0.05) is 6.42 Å². The summed E-state index contributed by atoms with van der Waals surface area (Å²) in [6, 6.07) is -0.407. The summed E-state index contributed by atoms with van der Waals surface area (Å²) < 4.78 is 5.25. The van der Waals surface area contributed by atoms with E-state index in [1.807, 2.05) is 0 Å². The van der Waals surface area contributed by atoms with Crippen molar-refractivity contribution in [3.05, 3.63) is 12.2 Å². The fourth-order valence-electron chi connectivity index (χ4n) is 3.93.